The van der Waals surface area contributed by atoms with E-state index in [9.17, 15) is 4.79 Å². The van der Waals surface area contributed by atoms with E-state index in [0.29, 0.717) is 22.8 Å². The highest BCUT2D eigenvalue weighted by Gasteiger charge is 2.25. The molecule has 3 rings (SSSR count). The first-order chi connectivity index (χ1) is 7.25. The van der Waals surface area contributed by atoms with Crippen LogP contribution in [0.15, 0.2) is 23.4 Å². The van der Waals surface area contributed by atoms with Crippen molar-refractivity contribution in [1.29, 1.82) is 0 Å². The van der Waals surface area contributed by atoms with Crippen LogP contribution in [0.3, 0.4) is 0 Å². The Morgan fingerprint density at radius 1 is 1.40 bits per heavy atom. The molecule has 2 N–H and O–H groups in total. The topological polar surface area (TPSA) is 73.8 Å². The van der Waals surface area contributed by atoms with Crippen LogP contribution in [0, 0.1) is 0 Å². The average molecular weight is 202 g/mol. The zero-order valence-electron chi connectivity index (χ0n) is 8.05. The largest absolute Gasteiger partial charge is 0.397 e. The van der Waals surface area contributed by atoms with Crippen LogP contribution >= 0.6 is 0 Å². The first kappa shape index (κ1) is 8.40. The van der Waals surface area contributed by atoms with E-state index in [2.05, 4.69) is 9.97 Å². The Balaban J connectivity index is 2.39. The lowest BCUT2D eigenvalue weighted by Crippen LogP contribution is -2.13. The number of nitrogens with two attached hydrogens (primary N) is 1. The molecule has 0 bridgehead atoms. The van der Waals surface area contributed by atoms with Gasteiger partial charge in [0, 0.05) is 6.04 Å². The average Bonchev–Trinajstić information content (AvgIpc) is 3.03. The lowest BCUT2D eigenvalue weighted by molar-refractivity contribution is 0.735. The normalized spacial score (nSPS) is 15.7. The van der Waals surface area contributed by atoms with Gasteiger partial charge in [-0.25, -0.2) is 4.98 Å². The van der Waals surface area contributed by atoms with Gasteiger partial charge in [-0.1, -0.05) is 0 Å². The summed E-state index contributed by atoms with van der Waals surface area (Å²) in [6, 6.07) is 2.09. The molecule has 2 aromatic heterocycles. The van der Waals surface area contributed by atoms with Crippen molar-refractivity contribution >= 4 is 16.7 Å². The van der Waals surface area contributed by atoms with Crippen LogP contribution in [-0.2, 0) is 0 Å². The second-order valence-electron chi connectivity index (χ2n) is 3.83. The number of pyridine rings is 1. The third-order valence-corrected chi connectivity index (χ3v) is 2.60. The van der Waals surface area contributed by atoms with Crippen molar-refractivity contribution < 1.29 is 0 Å². The molecular formula is C10H10N4O. The van der Waals surface area contributed by atoms with Gasteiger partial charge in [0.25, 0.3) is 5.56 Å². The van der Waals surface area contributed by atoms with Gasteiger partial charge in [0.1, 0.15) is 12.0 Å². The zero-order valence-corrected chi connectivity index (χ0v) is 8.05. The standard InChI is InChI=1S/C10H10N4O/c11-6-3-8-9(12-4-6)14(7-1-2-7)5-13-10(8)15/h3-5,7H,1-2,11H2. The highest BCUT2D eigenvalue weighted by molar-refractivity contribution is 5.77. The first-order valence-electron chi connectivity index (χ1n) is 4.88. The van der Waals surface area contributed by atoms with Crippen LogP contribution in [0.2, 0.25) is 0 Å². The van der Waals surface area contributed by atoms with Crippen molar-refractivity contribution in [1.82, 2.24) is 14.5 Å². The number of anilines is 1. The lowest BCUT2D eigenvalue weighted by atomic mass is 10.3. The summed E-state index contributed by atoms with van der Waals surface area (Å²) in [6.45, 7) is 0. The van der Waals surface area contributed by atoms with Crippen LogP contribution in [0.5, 0.6) is 0 Å². The highest BCUT2D eigenvalue weighted by atomic mass is 16.1. The number of rotatable bonds is 1. The molecule has 2 aromatic rings. The predicted molar refractivity (Wildman–Crippen MR) is 56.5 cm³/mol. The molecule has 0 aromatic carbocycles. The molecule has 1 aliphatic rings. The molecule has 5 heteroatoms. The molecule has 0 radical (unpaired) electrons. The van der Waals surface area contributed by atoms with Crippen LogP contribution < -0.4 is 11.3 Å². The second-order valence-corrected chi connectivity index (χ2v) is 3.83. The van der Waals surface area contributed by atoms with Gasteiger partial charge in [-0.15, -0.1) is 0 Å². The molecular weight excluding hydrogens is 192 g/mol. The van der Waals surface area contributed by atoms with E-state index >= 15 is 0 Å². The third kappa shape index (κ3) is 1.27. The molecule has 0 unspecified atom stereocenters. The van der Waals surface area contributed by atoms with Gasteiger partial charge in [-0.05, 0) is 18.9 Å². The van der Waals surface area contributed by atoms with Crippen molar-refractivity contribution in [3.63, 3.8) is 0 Å². The fourth-order valence-electron chi connectivity index (χ4n) is 1.70. The molecule has 0 spiro atoms. The molecule has 5 nitrogen and oxygen atoms in total. The molecule has 0 amide bonds. The van der Waals surface area contributed by atoms with E-state index in [1.807, 2.05) is 4.57 Å². The highest BCUT2D eigenvalue weighted by Crippen LogP contribution is 2.35. The number of aromatic nitrogens is 3. The minimum atomic E-state index is -0.262. The summed E-state index contributed by atoms with van der Waals surface area (Å²) in [6.07, 6.45) is 5.41. The summed E-state index contributed by atoms with van der Waals surface area (Å²) < 4.78 is 1.95. The quantitative estimate of drug-likeness (QED) is 0.739. The van der Waals surface area contributed by atoms with E-state index in [-0.39, 0.29) is 5.56 Å². The van der Waals surface area contributed by atoms with Gasteiger partial charge >= 0.3 is 0 Å². The maximum Gasteiger partial charge on any atom is 0.282 e. The predicted octanol–water partition coefficient (Wildman–Crippen LogP) is 0.709. The van der Waals surface area contributed by atoms with Crippen molar-refractivity contribution in [2.45, 2.75) is 18.9 Å². The maximum atomic E-state index is 11.5. The van der Waals surface area contributed by atoms with Crippen LogP contribution in [0.4, 0.5) is 5.69 Å². The SMILES string of the molecule is Nc1cnc2c(c1)c(=O)ncn2C1CC1. The summed E-state index contributed by atoms with van der Waals surface area (Å²) in [4.78, 5) is 19.5. The molecule has 1 fully saturated rings. The van der Waals surface area contributed by atoms with E-state index in [1.54, 1.807) is 18.6 Å². The Morgan fingerprint density at radius 2 is 2.20 bits per heavy atom. The second kappa shape index (κ2) is 2.79. The smallest absolute Gasteiger partial charge is 0.282 e. The minimum Gasteiger partial charge on any atom is -0.397 e. The fraction of sp³-hybridized carbons (Fsp3) is 0.300. The van der Waals surface area contributed by atoms with Gasteiger partial charge < -0.3 is 10.3 Å². The molecule has 76 valence electrons. The van der Waals surface area contributed by atoms with Crippen LogP contribution in [0.25, 0.3) is 11.0 Å². The third-order valence-electron chi connectivity index (χ3n) is 2.60. The van der Waals surface area contributed by atoms with Gasteiger partial charge in [0.15, 0.2) is 0 Å². The maximum absolute atomic E-state index is 11.5. The summed E-state index contributed by atoms with van der Waals surface area (Å²) in [7, 11) is 0. The Morgan fingerprint density at radius 3 is 2.93 bits per heavy atom. The van der Waals surface area contributed by atoms with Crippen LogP contribution in [-0.4, -0.2) is 14.5 Å². The van der Waals surface area contributed by atoms with Gasteiger partial charge in [0.05, 0.1) is 17.3 Å². The monoisotopic (exact) mass is 202 g/mol. The Labute approximate surface area is 85.6 Å². The van der Waals surface area contributed by atoms with Crippen LogP contribution in [0.1, 0.15) is 18.9 Å². The van der Waals surface area contributed by atoms with E-state index < -0.39 is 0 Å². The molecule has 1 saturated carbocycles. The number of nitrogens with zero attached hydrogens (tertiary/aromatic N) is 3. The van der Waals surface area contributed by atoms with Gasteiger partial charge in [0.2, 0.25) is 0 Å². The number of hydrogen-bond donors (Lipinski definition) is 1. The zero-order chi connectivity index (χ0) is 10.4. The molecule has 0 atom stereocenters. The number of hydrogen-bond acceptors (Lipinski definition) is 4. The van der Waals surface area contributed by atoms with Crippen molar-refractivity contribution in [2.75, 3.05) is 5.73 Å². The first-order valence-corrected chi connectivity index (χ1v) is 4.88. The van der Waals surface area contributed by atoms with E-state index in [0.717, 1.165) is 12.8 Å². The molecule has 0 aliphatic heterocycles. The Bertz CT molecular complexity index is 585. The van der Waals surface area contributed by atoms with Gasteiger partial charge in [-0.2, -0.15) is 4.98 Å². The molecule has 15 heavy (non-hydrogen) atoms. The number of nitrogen functional groups attached to an aromatic ring is 1. The van der Waals surface area contributed by atoms with E-state index in [1.165, 1.54) is 0 Å². The summed E-state index contributed by atoms with van der Waals surface area (Å²) in [5.74, 6) is 0. The summed E-state index contributed by atoms with van der Waals surface area (Å²) >= 11 is 0. The lowest BCUT2D eigenvalue weighted by Gasteiger charge is -2.06. The Hall–Kier alpha value is -1.91. The molecule has 1 aliphatic carbocycles. The molecule has 2 heterocycles. The Kier molecular flexibility index (Phi) is 1.56. The fourth-order valence-corrected chi connectivity index (χ4v) is 1.70. The number of fused-ring (bicyclic) bond motifs is 1. The molecule has 0 saturated heterocycles. The van der Waals surface area contributed by atoms with Crippen molar-refractivity contribution in [2.24, 2.45) is 0 Å². The summed E-state index contributed by atoms with van der Waals surface area (Å²) in [5.41, 5.74) is 6.52. The van der Waals surface area contributed by atoms with Crippen molar-refractivity contribution in [3.8, 4) is 0 Å². The van der Waals surface area contributed by atoms with Crippen molar-refractivity contribution in [3.05, 3.63) is 28.9 Å². The van der Waals surface area contributed by atoms with E-state index in [4.69, 9.17) is 5.73 Å². The minimum absolute atomic E-state index is 0.262. The summed E-state index contributed by atoms with van der Waals surface area (Å²) in [5, 5.41) is 0.504. The van der Waals surface area contributed by atoms with Gasteiger partial charge in [-0.3, -0.25) is 4.79 Å².